The molecule has 1 saturated heterocycles. The molecule has 1 fully saturated rings. The minimum absolute atomic E-state index is 0.309. The number of likely N-dealkylation sites (tertiary alicyclic amines) is 1. The van der Waals surface area contributed by atoms with E-state index in [1.165, 1.54) is 0 Å². The van der Waals surface area contributed by atoms with Gasteiger partial charge in [-0.3, -0.25) is 14.5 Å². The molecule has 2 amide bonds. The fourth-order valence-corrected chi connectivity index (χ4v) is 2.42. The van der Waals surface area contributed by atoms with Crippen LogP contribution in [-0.2, 0) is 14.3 Å². The number of imide groups is 1. The summed E-state index contributed by atoms with van der Waals surface area (Å²) in [5.74, 6) is -1.30. The number of halogens is 3. The number of ether oxygens (including phenoxy) is 1. The number of aliphatic hydroxyl groups excluding tert-OH is 1. The van der Waals surface area contributed by atoms with Gasteiger partial charge in [0.25, 0.3) is 0 Å². The number of carbonyl (C=O) groups is 2. The van der Waals surface area contributed by atoms with Gasteiger partial charge in [-0.1, -0.05) is 47.0 Å². The summed E-state index contributed by atoms with van der Waals surface area (Å²) in [6.07, 6.45) is 3.14. The number of hydrogen-bond acceptors (Lipinski definition) is 4. The molecule has 106 valence electrons. The zero-order valence-electron chi connectivity index (χ0n) is 9.76. The van der Waals surface area contributed by atoms with Crippen LogP contribution in [0.3, 0.4) is 0 Å². The Bertz CT molecular complexity index is 395. The lowest BCUT2D eigenvalue weighted by atomic mass is 9.85. The zero-order chi connectivity index (χ0) is 14.2. The molecule has 0 aromatic rings. The summed E-state index contributed by atoms with van der Waals surface area (Å²) in [5.41, 5.74) is 0. The maximum atomic E-state index is 12.0. The second kappa shape index (κ2) is 5.58. The summed E-state index contributed by atoms with van der Waals surface area (Å²) in [6, 6.07) is 0. The highest BCUT2D eigenvalue weighted by Gasteiger charge is 2.47. The standard InChI is InChI=1S/C11H12Cl3NO4/c12-11(13,14)10(18)19-5-15-8(16)6-3-1-2-4-7(6)9(15)17/h1-2,6-7,10,18H,3-5H2/t6-,7-,10-/m0/s1. The third-order valence-electron chi connectivity index (χ3n) is 3.24. The summed E-state index contributed by atoms with van der Waals surface area (Å²) in [7, 11) is 0. The van der Waals surface area contributed by atoms with Crippen molar-refractivity contribution in [2.45, 2.75) is 22.9 Å². The van der Waals surface area contributed by atoms with E-state index in [-0.39, 0.29) is 23.7 Å². The second-order valence-corrected chi connectivity index (χ2v) is 6.82. The van der Waals surface area contributed by atoms with Gasteiger partial charge in [0.2, 0.25) is 21.9 Å². The minimum atomic E-state index is -2.03. The van der Waals surface area contributed by atoms with Crippen molar-refractivity contribution in [3.05, 3.63) is 12.2 Å². The van der Waals surface area contributed by atoms with Crippen molar-refractivity contribution in [3.63, 3.8) is 0 Å². The van der Waals surface area contributed by atoms with Crippen LogP contribution in [0.4, 0.5) is 0 Å². The van der Waals surface area contributed by atoms with Crippen molar-refractivity contribution in [1.29, 1.82) is 0 Å². The van der Waals surface area contributed by atoms with Crippen LogP contribution in [0.2, 0.25) is 0 Å². The van der Waals surface area contributed by atoms with Gasteiger partial charge in [0.05, 0.1) is 11.8 Å². The second-order valence-electron chi connectivity index (χ2n) is 4.45. The van der Waals surface area contributed by atoms with E-state index >= 15 is 0 Å². The third kappa shape index (κ3) is 3.06. The van der Waals surface area contributed by atoms with Crippen molar-refractivity contribution >= 4 is 46.6 Å². The number of alkyl halides is 3. The first kappa shape index (κ1) is 15.1. The van der Waals surface area contributed by atoms with E-state index in [9.17, 15) is 14.7 Å². The molecule has 5 nitrogen and oxygen atoms in total. The van der Waals surface area contributed by atoms with E-state index in [1.54, 1.807) is 0 Å². The Morgan fingerprint density at radius 2 is 1.74 bits per heavy atom. The first-order valence-electron chi connectivity index (χ1n) is 5.69. The lowest BCUT2D eigenvalue weighted by Crippen LogP contribution is -2.38. The molecule has 0 spiro atoms. The average Bonchev–Trinajstić information content (AvgIpc) is 2.59. The molecule has 0 aromatic heterocycles. The van der Waals surface area contributed by atoms with E-state index in [2.05, 4.69) is 0 Å². The normalized spacial score (nSPS) is 28.7. The molecule has 2 aliphatic rings. The number of rotatable bonds is 3. The van der Waals surface area contributed by atoms with Crippen LogP contribution < -0.4 is 0 Å². The molecule has 0 bridgehead atoms. The van der Waals surface area contributed by atoms with Crippen LogP contribution in [0.1, 0.15) is 12.8 Å². The molecule has 19 heavy (non-hydrogen) atoms. The van der Waals surface area contributed by atoms with Crippen LogP contribution in [0.25, 0.3) is 0 Å². The molecule has 1 aliphatic heterocycles. The highest BCUT2D eigenvalue weighted by atomic mass is 35.6. The number of amides is 2. The SMILES string of the molecule is O=C1[C@H]2CC=CC[C@@H]2C(=O)N1CO[C@H](O)C(Cl)(Cl)Cl. The third-order valence-corrected chi connectivity index (χ3v) is 3.80. The quantitative estimate of drug-likeness (QED) is 0.370. The lowest BCUT2D eigenvalue weighted by Gasteiger charge is -2.22. The Kier molecular flexibility index (Phi) is 4.42. The van der Waals surface area contributed by atoms with Crippen molar-refractivity contribution in [3.8, 4) is 0 Å². The maximum absolute atomic E-state index is 12.0. The predicted molar refractivity (Wildman–Crippen MR) is 69.5 cm³/mol. The van der Waals surface area contributed by atoms with E-state index in [0.717, 1.165) is 4.90 Å². The Morgan fingerprint density at radius 1 is 1.26 bits per heavy atom. The van der Waals surface area contributed by atoms with Crippen molar-refractivity contribution in [2.24, 2.45) is 11.8 Å². The molecule has 2 rings (SSSR count). The molecule has 1 N–H and O–H groups in total. The first-order chi connectivity index (χ1) is 8.82. The molecular formula is C11H12Cl3NO4. The predicted octanol–water partition coefficient (Wildman–Crippen LogP) is 1.60. The van der Waals surface area contributed by atoms with Gasteiger partial charge in [-0.25, -0.2) is 0 Å². The Balaban J connectivity index is 1.99. The summed E-state index contributed by atoms with van der Waals surface area (Å²) in [5, 5.41) is 9.40. The van der Waals surface area contributed by atoms with Crippen LogP contribution in [-0.4, -0.2) is 38.6 Å². The molecule has 1 aliphatic carbocycles. The number of allylic oxidation sites excluding steroid dienone is 2. The molecule has 8 heteroatoms. The summed E-state index contributed by atoms with van der Waals surface area (Å²) in [6.45, 7) is -0.417. The topological polar surface area (TPSA) is 66.8 Å². The minimum Gasteiger partial charge on any atom is -0.364 e. The number of aliphatic hydroxyl groups is 1. The van der Waals surface area contributed by atoms with E-state index in [1.807, 2.05) is 12.2 Å². The molecular weight excluding hydrogens is 316 g/mol. The summed E-state index contributed by atoms with van der Waals surface area (Å²) in [4.78, 5) is 25.0. The van der Waals surface area contributed by atoms with Crippen molar-refractivity contribution in [2.75, 3.05) is 6.73 Å². The van der Waals surface area contributed by atoms with E-state index in [4.69, 9.17) is 39.5 Å². The molecule has 0 unspecified atom stereocenters. The molecule has 1 heterocycles. The highest BCUT2D eigenvalue weighted by Crippen LogP contribution is 2.36. The molecule has 0 saturated carbocycles. The molecule has 0 radical (unpaired) electrons. The first-order valence-corrected chi connectivity index (χ1v) is 6.82. The van der Waals surface area contributed by atoms with E-state index in [0.29, 0.717) is 12.8 Å². The zero-order valence-corrected chi connectivity index (χ0v) is 12.0. The van der Waals surface area contributed by atoms with Crippen molar-refractivity contribution < 1.29 is 19.4 Å². The van der Waals surface area contributed by atoms with Gasteiger partial charge in [0, 0.05) is 0 Å². The van der Waals surface area contributed by atoms with Crippen LogP contribution in [0, 0.1) is 11.8 Å². The van der Waals surface area contributed by atoms with Crippen molar-refractivity contribution in [1.82, 2.24) is 4.90 Å². The van der Waals surface area contributed by atoms with Gasteiger partial charge < -0.3 is 9.84 Å². The fourth-order valence-electron chi connectivity index (χ4n) is 2.24. The smallest absolute Gasteiger partial charge is 0.240 e. The summed E-state index contributed by atoms with van der Waals surface area (Å²) >= 11 is 16.3. The maximum Gasteiger partial charge on any atom is 0.240 e. The average molecular weight is 329 g/mol. The number of fused-ring (bicyclic) bond motifs is 1. The van der Waals surface area contributed by atoms with Gasteiger partial charge in [0.15, 0.2) is 0 Å². The molecule has 0 aromatic carbocycles. The highest BCUT2D eigenvalue weighted by molar-refractivity contribution is 6.67. The number of nitrogens with zero attached hydrogens (tertiary/aromatic N) is 1. The lowest BCUT2D eigenvalue weighted by molar-refractivity contribution is -0.161. The van der Waals surface area contributed by atoms with Crippen LogP contribution in [0.5, 0.6) is 0 Å². The number of carbonyl (C=O) groups excluding carboxylic acids is 2. The number of hydrogen-bond donors (Lipinski definition) is 1. The monoisotopic (exact) mass is 327 g/mol. The Hall–Kier alpha value is -0.330. The van der Waals surface area contributed by atoms with Gasteiger partial charge in [-0.15, -0.1) is 0 Å². The van der Waals surface area contributed by atoms with Gasteiger partial charge in [0.1, 0.15) is 6.73 Å². The van der Waals surface area contributed by atoms with E-state index < -0.39 is 16.8 Å². The van der Waals surface area contributed by atoms with Crippen LogP contribution >= 0.6 is 34.8 Å². The van der Waals surface area contributed by atoms with Crippen LogP contribution in [0.15, 0.2) is 12.2 Å². The van der Waals surface area contributed by atoms with Gasteiger partial charge in [-0.2, -0.15) is 0 Å². The molecule has 3 atom stereocenters. The van der Waals surface area contributed by atoms with Gasteiger partial charge in [-0.05, 0) is 12.8 Å². The fraction of sp³-hybridized carbons (Fsp3) is 0.636. The largest absolute Gasteiger partial charge is 0.364 e. The Labute approximate surface area is 125 Å². The van der Waals surface area contributed by atoms with Gasteiger partial charge >= 0.3 is 0 Å². The summed E-state index contributed by atoms with van der Waals surface area (Å²) < 4.78 is 2.83. The Morgan fingerprint density at radius 3 is 2.16 bits per heavy atom.